The van der Waals surface area contributed by atoms with Crippen LogP contribution in [0.3, 0.4) is 0 Å². The Morgan fingerprint density at radius 2 is 2.05 bits per heavy atom. The minimum absolute atomic E-state index is 0.0350. The third kappa shape index (κ3) is 4.60. The smallest absolute Gasteiger partial charge is 0.390 e. The van der Waals surface area contributed by atoms with Gasteiger partial charge in [-0.25, -0.2) is 0 Å². The van der Waals surface area contributed by atoms with E-state index in [4.69, 9.17) is 17.3 Å². The SMILES string of the molecule is NC(=O)c1cc(NCC(O)CCl)cc(C(F)(F)F)c1. The molecule has 0 aliphatic heterocycles. The highest BCUT2D eigenvalue weighted by Gasteiger charge is 2.31. The molecule has 0 spiro atoms. The van der Waals surface area contributed by atoms with Crippen molar-refractivity contribution in [1.82, 2.24) is 0 Å². The number of nitrogens with two attached hydrogens (primary N) is 1. The van der Waals surface area contributed by atoms with Gasteiger partial charge in [-0.05, 0) is 18.2 Å². The second-order valence-corrected chi connectivity index (χ2v) is 4.16. The fraction of sp³-hybridized carbons (Fsp3) is 0.364. The van der Waals surface area contributed by atoms with E-state index >= 15 is 0 Å². The van der Waals surface area contributed by atoms with Gasteiger partial charge >= 0.3 is 6.18 Å². The number of halogens is 4. The number of alkyl halides is 4. The highest BCUT2D eigenvalue weighted by Crippen LogP contribution is 2.31. The number of rotatable bonds is 5. The lowest BCUT2D eigenvalue weighted by Gasteiger charge is -2.14. The van der Waals surface area contributed by atoms with Crippen molar-refractivity contribution in [3.63, 3.8) is 0 Å². The molecule has 0 bridgehead atoms. The Balaban J connectivity index is 3.03. The third-order valence-electron chi connectivity index (χ3n) is 2.26. The average molecular weight is 297 g/mol. The van der Waals surface area contributed by atoms with Crippen molar-refractivity contribution in [2.75, 3.05) is 17.7 Å². The van der Waals surface area contributed by atoms with E-state index < -0.39 is 23.8 Å². The van der Waals surface area contributed by atoms with Gasteiger partial charge in [0.05, 0.1) is 17.5 Å². The number of nitrogens with one attached hydrogen (secondary N) is 1. The summed E-state index contributed by atoms with van der Waals surface area (Å²) in [7, 11) is 0. The van der Waals surface area contributed by atoms with Crippen LogP contribution in [-0.2, 0) is 6.18 Å². The molecule has 1 atom stereocenters. The molecule has 0 aliphatic rings. The van der Waals surface area contributed by atoms with Crippen molar-refractivity contribution in [1.29, 1.82) is 0 Å². The van der Waals surface area contributed by atoms with Crippen molar-refractivity contribution in [3.05, 3.63) is 29.3 Å². The first-order chi connectivity index (χ1) is 8.74. The van der Waals surface area contributed by atoms with Gasteiger partial charge in [0.2, 0.25) is 5.91 Å². The molecule has 0 aromatic heterocycles. The first-order valence-electron chi connectivity index (χ1n) is 5.24. The molecule has 0 heterocycles. The predicted molar refractivity (Wildman–Crippen MR) is 65.2 cm³/mol. The van der Waals surface area contributed by atoms with Crippen molar-refractivity contribution in [3.8, 4) is 0 Å². The van der Waals surface area contributed by atoms with Crippen LogP contribution < -0.4 is 11.1 Å². The Morgan fingerprint density at radius 3 is 2.53 bits per heavy atom. The molecular weight excluding hydrogens is 285 g/mol. The number of anilines is 1. The first kappa shape index (κ1) is 15.6. The lowest BCUT2D eigenvalue weighted by atomic mass is 10.1. The van der Waals surface area contributed by atoms with Gasteiger partial charge in [0, 0.05) is 17.8 Å². The molecule has 1 unspecified atom stereocenters. The minimum atomic E-state index is -4.59. The summed E-state index contributed by atoms with van der Waals surface area (Å²) >= 11 is 5.36. The first-order valence-corrected chi connectivity index (χ1v) is 5.77. The summed E-state index contributed by atoms with van der Waals surface area (Å²) in [5.74, 6) is -1.03. The van der Waals surface area contributed by atoms with Crippen molar-refractivity contribution in [2.24, 2.45) is 5.73 Å². The Bertz CT molecular complexity index is 466. The van der Waals surface area contributed by atoms with Crippen LogP contribution in [0.1, 0.15) is 15.9 Å². The van der Waals surface area contributed by atoms with E-state index in [1.807, 2.05) is 0 Å². The Morgan fingerprint density at radius 1 is 1.42 bits per heavy atom. The zero-order valence-corrected chi connectivity index (χ0v) is 10.4. The van der Waals surface area contributed by atoms with Crippen molar-refractivity contribution < 1.29 is 23.1 Å². The summed E-state index contributed by atoms with van der Waals surface area (Å²) < 4.78 is 37.9. The van der Waals surface area contributed by atoms with Gasteiger partial charge in [-0.3, -0.25) is 4.79 Å². The fourth-order valence-electron chi connectivity index (χ4n) is 1.33. The third-order valence-corrected chi connectivity index (χ3v) is 2.62. The maximum absolute atomic E-state index is 12.6. The maximum Gasteiger partial charge on any atom is 0.416 e. The number of carbonyl (C=O) groups excluding carboxylic acids is 1. The summed E-state index contributed by atoms with van der Waals surface area (Å²) in [6, 6.07) is 2.68. The second-order valence-electron chi connectivity index (χ2n) is 3.85. The van der Waals surface area contributed by atoms with Crippen LogP contribution in [0, 0.1) is 0 Å². The molecular formula is C11H12ClF3N2O2. The molecule has 8 heteroatoms. The Hall–Kier alpha value is -1.47. The van der Waals surface area contributed by atoms with E-state index in [0.717, 1.165) is 6.07 Å². The van der Waals surface area contributed by atoms with Crippen LogP contribution in [0.2, 0.25) is 0 Å². The molecule has 4 N–H and O–H groups in total. The van der Waals surface area contributed by atoms with Gasteiger partial charge < -0.3 is 16.2 Å². The molecule has 1 rings (SSSR count). The number of benzene rings is 1. The minimum Gasteiger partial charge on any atom is -0.390 e. The lowest BCUT2D eigenvalue weighted by molar-refractivity contribution is -0.137. The second kappa shape index (κ2) is 6.12. The van der Waals surface area contributed by atoms with Gasteiger partial charge in [-0.1, -0.05) is 0 Å². The molecule has 1 amide bonds. The molecule has 0 aliphatic carbocycles. The highest BCUT2D eigenvalue weighted by atomic mass is 35.5. The molecule has 0 saturated carbocycles. The molecule has 4 nitrogen and oxygen atoms in total. The Kier molecular flexibility index (Phi) is 5.02. The summed E-state index contributed by atoms with van der Waals surface area (Å²) in [5.41, 5.74) is 3.75. The van der Waals surface area contributed by atoms with Crippen LogP contribution in [-0.4, -0.2) is 29.5 Å². The van der Waals surface area contributed by atoms with E-state index in [0.29, 0.717) is 6.07 Å². The molecule has 0 radical (unpaired) electrons. The topological polar surface area (TPSA) is 75.4 Å². The lowest BCUT2D eigenvalue weighted by Crippen LogP contribution is -2.21. The quantitative estimate of drug-likeness (QED) is 0.726. The average Bonchev–Trinajstić information content (AvgIpc) is 2.34. The summed E-state index contributed by atoms with van der Waals surface area (Å²) in [6.07, 6.45) is -5.50. The summed E-state index contributed by atoms with van der Waals surface area (Å²) in [4.78, 5) is 11.0. The van der Waals surface area contributed by atoms with Gasteiger partial charge in [0.25, 0.3) is 0 Å². The van der Waals surface area contributed by atoms with E-state index in [9.17, 15) is 23.1 Å². The van der Waals surface area contributed by atoms with Gasteiger partial charge in [0.15, 0.2) is 0 Å². The van der Waals surface area contributed by atoms with E-state index in [1.54, 1.807) is 0 Å². The van der Waals surface area contributed by atoms with Gasteiger partial charge in [-0.15, -0.1) is 11.6 Å². The number of hydrogen-bond donors (Lipinski definition) is 3. The Labute approximate surface area is 112 Å². The van der Waals surface area contributed by atoms with Gasteiger partial charge in [0.1, 0.15) is 0 Å². The van der Waals surface area contributed by atoms with E-state index in [1.165, 1.54) is 6.07 Å². The normalized spacial score (nSPS) is 13.1. The molecule has 19 heavy (non-hydrogen) atoms. The van der Waals surface area contributed by atoms with E-state index in [-0.39, 0.29) is 23.7 Å². The zero-order valence-electron chi connectivity index (χ0n) is 9.67. The number of aliphatic hydroxyl groups is 1. The van der Waals surface area contributed by atoms with Gasteiger partial charge in [-0.2, -0.15) is 13.2 Å². The molecule has 1 aromatic rings. The van der Waals surface area contributed by atoms with Crippen LogP contribution in [0.5, 0.6) is 0 Å². The monoisotopic (exact) mass is 296 g/mol. The zero-order chi connectivity index (χ0) is 14.6. The van der Waals surface area contributed by atoms with Crippen LogP contribution >= 0.6 is 11.6 Å². The number of aliphatic hydroxyl groups excluding tert-OH is 1. The number of hydrogen-bond acceptors (Lipinski definition) is 3. The predicted octanol–water partition coefficient (Wildman–Crippen LogP) is 1.82. The maximum atomic E-state index is 12.6. The highest BCUT2D eigenvalue weighted by molar-refractivity contribution is 6.18. The molecule has 1 aromatic carbocycles. The molecule has 0 fully saturated rings. The molecule has 0 saturated heterocycles. The van der Waals surface area contributed by atoms with Crippen molar-refractivity contribution >= 4 is 23.2 Å². The van der Waals surface area contributed by atoms with Crippen LogP contribution in [0.15, 0.2) is 18.2 Å². The fourth-order valence-corrected chi connectivity index (χ4v) is 1.43. The standard InChI is InChI=1S/C11H12ClF3N2O2/c12-4-9(18)5-17-8-2-6(10(16)19)1-7(3-8)11(13,14)15/h1-3,9,17-18H,4-5H2,(H2,16,19). The number of primary amides is 1. The summed E-state index contributed by atoms with van der Waals surface area (Å²) in [6.45, 7) is -0.0387. The number of carbonyl (C=O) groups is 1. The van der Waals surface area contributed by atoms with Crippen LogP contribution in [0.4, 0.5) is 18.9 Å². The van der Waals surface area contributed by atoms with Crippen LogP contribution in [0.25, 0.3) is 0 Å². The summed E-state index contributed by atoms with van der Waals surface area (Å²) in [5, 5.41) is 11.8. The molecule has 106 valence electrons. The van der Waals surface area contributed by atoms with Crippen molar-refractivity contribution in [2.45, 2.75) is 12.3 Å². The van der Waals surface area contributed by atoms with E-state index in [2.05, 4.69) is 5.32 Å². The number of amides is 1. The largest absolute Gasteiger partial charge is 0.416 e.